The molecule has 10 heteroatoms. The predicted octanol–water partition coefficient (Wildman–Crippen LogP) is 3.48. The molecule has 0 spiro atoms. The molecule has 0 aliphatic rings. The molecule has 8 nitrogen and oxygen atoms in total. The number of halogens is 2. The molecule has 1 aromatic heterocycles. The number of nitrogens with zero attached hydrogens (tertiary/aromatic N) is 2. The fourth-order valence-corrected chi connectivity index (χ4v) is 2.60. The fourth-order valence-electron chi connectivity index (χ4n) is 2.60. The molecule has 0 fully saturated rings. The first-order chi connectivity index (χ1) is 13.8. The Bertz CT molecular complexity index is 1050. The van der Waals surface area contributed by atoms with Gasteiger partial charge in [0.05, 0.1) is 16.7 Å². The quantitative estimate of drug-likeness (QED) is 0.461. The minimum atomic E-state index is -0.790. The molecule has 0 atom stereocenters. The van der Waals surface area contributed by atoms with E-state index in [1.807, 2.05) is 0 Å². The summed E-state index contributed by atoms with van der Waals surface area (Å²) in [6.45, 7) is -0.108. The maximum absolute atomic E-state index is 13.8. The summed E-state index contributed by atoms with van der Waals surface area (Å²) < 4.78 is 32.9. The normalized spacial score (nSPS) is 10.7. The zero-order valence-corrected chi connectivity index (χ0v) is 14.9. The predicted molar refractivity (Wildman–Crippen MR) is 96.8 cm³/mol. The molecule has 3 aromatic rings. The van der Waals surface area contributed by atoms with Gasteiger partial charge >= 0.3 is 0 Å². The number of aryl methyl sites for hydroxylation is 1. The van der Waals surface area contributed by atoms with Crippen LogP contribution in [-0.2, 0) is 17.8 Å². The summed E-state index contributed by atoms with van der Waals surface area (Å²) in [5.41, 5.74) is -0.349. The van der Waals surface area contributed by atoms with Crippen molar-refractivity contribution in [1.29, 1.82) is 0 Å². The van der Waals surface area contributed by atoms with Gasteiger partial charge in [-0.2, -0.15) is 0 Å². The highest BCUT2D eigenvalue weighted by atomic mass is 19.1. The lowest BCUT2D eigenvalue weighted by atomic mass is 10.1. The van der Waals surface area contributed by atoms with Crippen molar-refractivity contribution < 1.29 is 28.0 Å². The molecule has 0 unspecified atom stereocenters. The summed E-state index contributed by atoms with van der Waals surface area (Å²) in [7, 11) is 0. The lowest BCUT2D eigenvalue weighted by Gasteiger charge is -2.06. The van der Waals surface area contributed by atoms with Crippen molar-refractivity contribution >= 4 is 11.6 Å². The van der Waals surface area contributed by atoms with Gasteiger partial charge in [-0.3, -0.25) is 14.9 Å². The number of nitro benzene ring substituents is 1. The molecular formula is C19H15F2N3O5. The zero-order valence-electron chi connectivity index (χ0n) is 14.9. The Labute approximate surface area is 163 Å². The second-order valence-electron chi connectivity index (χ2n) is 6.06. The Hall–Kier alpha value is -3.82. The summed E-state index contributed by atoms with van der Waals surface area (Å²) in [4.78, 5) is 26.1. The highest BCUT2D eigenvalue weighted by Crippen LogP contribution is 2.27. The lowest BCUT2D eigenvalue weighted by molar-refractivity contribution is -0.384. The molecule has 1 heterocycles. The molecular weight excluding hydrogens is 388 g/mol. The van der Waals surface area contributed by atoms with Crippen LogP contribution >= 0.6 is 0 Å². The van der Waals surface area contributed by atoms with Crippen LogP contribution in [0.5, 0.6) is 5.75 Å². The maximum Gasteiger partial charge on any atom is 0.270 e. The van der Waals surface area contributed by atoms with Crippen molar-refractivity contribution in [2.45, 2.75) is 19.4 Å². The first kappa shape index (κ1) is 19.9. The number of nitrogens with one attached hydrogen (secondary N) is 1. The van der Waals surface area contributed by atoms with Gasteiger partial charge in [0, 0.05) is 37.1 Å². The fraction of sp³-hybridized carbons (Fsp3) is 0.158. The van der Waals surface area contributed by atoms with Crippen LogP contribution in [0.15, 0.2) is 47.0 Å². The number of aromatic hydroxyl groups is 1. The molecule has 3 rings (SSSR count). The molecule has 0 aliphatic carbocycles. The standard InChI is InChI=1S/C19H15F2N3O5/c20-13-2-1-3-14(21)19(13)16-10-23-18(29-16)7-6-17(26)22-9-11-8-12(24(27)28)4-5-15(11)25/h1-5,8,10,25H,6-7,9H2,(H,22,26). The summed E-state index contributed by atoms with van der Waals surface area (Å²) in [6.07, 6.45) is 1.20. The summed E-state index contributed by atoms with van der Waals surface area (Å²) in [5, 5.41) is 23.0. The van der Waals surface area contributed by atoms with Crippen molar-refractivity contribution in [3.8, 4) is 17.1 Å². The number of non-ortho nitro benzene ring substituents is 1. The van der Waals surface area contributed by atoms with Crippen LogP contribution in [-0.4, -0.2) is 20.9 Å². The van der Waals surface area contributed by atoms with Crippen LogP contribution in [0, 0.1) is 21.7 Å². The van der Waals surface area contributed by atoms with Gasteiger partial charge in [0.1, 0.15) is 17.4 Å². The van der Waals surface area contributed by atoms with Crippen LogP contribution in [0.25, 0.3) is 11.3 Å². The molecule has 2 aromatic carbocycles. The third-order valence-corrected chi connectivity index (χ3v) is 4.08. The molecule has 150 valence electrons. The van der Waals surface area contributed by atoms with Crippen LogP contribution in [0.4, 0.5) is 14.5 Å². The van der Waals surface area contributed by atoms with E-state index in [-0.39, 0.29) is 53.6 Å². The second-order valence-corrected chi connectivity index (χ2v) is 6.06. The number of nitro groups is 1. The lowest BCUT2D eigenvalue weighted by Crippen LogP contribution is -2.23. The van der Waals surface area contributed by atoms with E-state index in [0.717, 1.165) is 18.2 Å². The Balaban J connectivity index is 1.58. The molecule has 2 N–H and O–H groups in total. The Kier molecular flexibility index (Phi) is 5.82. The van der Waals surface area contributed by atoms with Crippen molar-refractivity contribution in [2.75, 3.05) is 0 Å². The average Bonchev–Trinajstić information content (AvgIpc) is 3.14. The van der Waals surface area contributed by atoms with E-state index < -0.39 is 22.5 Å². The highest BCUT2D eigenvalue weighted by molar-refractivity contribution is 5.76. The number of phenols is 1. The molecule has 0 bridgehead atoms. The summed E-state index contributed by atoms with van der Waals surface area (Å²) in [5.74, 6) is -2.15. The van der Waals surface area contributed by atoms with E-state index >= 15 is 0 Å². The van der Waals surface area contributed by atoms with Crippen molar-refractivity contribution in [3.63, 3.8) is 0 Å². The first-order valence-corrected chi connectivity index (χ1v) is 8.47. The Morgan fingerprint density at radius 1 is 1.24 bits per heavy atom. The number of carbonyl (C=O) groups excluding carboxylic acids is 1. The van der Waals surface area contributed by atoms with Crippen LogP contribution in [0.3, 0.4) is 0 Å². The van der Waals surface area contributed by atoms with Crippen molar-refractivity contribution in [2.24, 2.45) is 0 Å². The average molecular weight is 403 g/mol. The number of hydrogen-bond acceptors (Lipinski definition) is 6. The number of hydrogen-bond donors (Lipinski definition) is 2. The van der Waals surface area contributed by atoms with Crippen LogP contribution < -0.4 is 5.32 Å². The van der Waals surface area contributed by atoms with Gasteiger partial charge in [-0.25, -0.2) is 13.8 Å². The summed E-state index contributed by atoms with van der Waals surface area (Å²) >= 11 is 0. The number of aromatic nitrogens is 1. The van der Waals surface area contributed by atoms with E-state index in [1.54, 1.807) is 0 Å². The number of benzene rings is 2. The van der Waals surface area contributed by atoms with Crippen molar-refractivity contribution in [1.82, 2.24) is 10.3 Å². The van der Waals surface area contributed by atoms with E-state index in [9.17, 15) is 28.8 Å². The molecule has 0 radical (unpaired) electrons. The smallest absolute Gasteiger partial charge is 0.270 e. The number of amides is 1. The molecule has 0 saturated heterocycles. The van der Waals surface area contributed by atoms with E-state index in [4.69, 9.17) is 4.42 Å². The zero-order chi connectivity index (χ0) is 21.0. The summed E-state index contributed by atoms with van der Waals surface area (Å²) in [6, 6.07) is 6.91. The Morgan fingerprint density at radius 3 is 2.66 bits per heavy atom. The number of rotatable bonds is 7. The third-order valence-electron chi connectivity index (χ3n) is 4.08. The molecule has 1 amide bonds. The highest BCUT2D eigenvalue weighted by Gasteiger charge is 2.16. The number of oxazole rings is 1. The largest absolute Gasteiger partial charge is 0.508 e. The minimum Gasteiger partial charge on any atom is -0.508 e. The molecule has 0 aliphatic heterocycles. The van der Waals surface area contributed by atoms with Gasteiger partial charge in [-0.1, -0.05) is 6.07 Å². The van der Waals surface area contributed by atoms with Crippen LogP contribution in [0.2, 0.25) is 0 Å². The van der Waals surface area contributed by atoms with Gasteiger partial charge in [-0.15, -0.1) is 0 Å². The van der Waals surface area contributed by atoms with Crippen molar-refractivity contribution in [3.05, 3.63) is 75.8 Å². The second kappa shape index (κ2) is 8.46. The topological polar surface area (TPSA) is 119 Å². The van der Waals surface area contributed by atoms with Gasteiger partial charge in [0.2, 0.25) is 5.91 Å². The number of phenolic OH excluding ortho intramolecular Hbond substituents is 1. The monoisotopic (exact) mass is 403 g/mol. The van der Waals surface area contributed by atoms with E-state index in [0.29, 0.717) is 0 Å². The van der Waals surface area contributed by atoms with Gasteiger partial charge in [0.25, 0.3) is 5.69 Å². The molecule has 29 heavy (non-hydrogen) atoms. The van der Waals surface area contributed by atoms with E-state index in [1.165, 1.54) is 24.4 Å². The first-order valence-electron chi connectivity index (χ1n) is 8.47. The Morgan fingerprint density at radius 2 is 1.97 bits per heavy atom. The van der Waals surface area contributed by atoms with Gasteiger partial charge in [0.15, 0.2) is 11.7 Å². The third kappa shape index (κ3) is 4.72. The maximum atomic E-state index is 13.8. The molecule has 0 saturated carbocycles. The van der Waals surface area contributed by atoms with E-state index in [2.05, 4.69) is 10.3 Å². The minimum absolute atomic E-state index is 0.0462. The van der Waals surface area contributed by atoms with Crippen LogP contribution in [0.1, 0.15) is 17.9 Å². The van der Waals surface area contributed by atoms with Gasteiger partial charge < -0.3 is 14.8 Å². The number of carbonyl (C=O) groups is 1. The SMILES string of the molecule is O=C(CCc1ncc(-c2c(F)cccc2F)o1)NCc1cc([N+](=O)[O-])ccc1O. The van der Waals surface area contributed by atoms with Gasteiger partial charge in [-0.05, 0) is 18.2 Å².